The van der Waals surface area contributed by atoms with Gasteiger partial charge in [0.2, 0.25) is 5.91 Å². The van der Waals surface area contributed by atoms with Crippen molar-refractivity contribution < 1.29 is 9.59 Å². The monoisotopic (exact) mass is 411 g/mol. The second-order valence-corrected chi connectivity index (χ2v) is 7.26. The first-order chi connectivity index (χ1) is 12.4. The smallest absolute Gasteiger partial charge is 0.271 e. The number of carbonyl (C=O) groups is 2. The van der Waals surface area contributed by atoms with Gasteiger partial charge in [0.05, 0.1) is 27.0 Å². The first-order valence-electron chi connectivity index (χ1n) is 7.96. The van der Waals surface area contributed by atoms with Crippen molar-refractivity contribution in [2.75, 3.05) is 17.4 Å². The maximum atomic E-state index is 12.6. The van der Waals surface area contributed by atoms with Crippen LogP contribution in [-0.2, 0) is 4.79 Å². The molecule has 0 bridgehead atoms. The molecule has 136 valence electrons. The van der Waals surface area contributed by atoms with Gasteiger partial charge in [-0.2, -0.15) is 0 Å². The number of benzene rings is 2. The van der Waals surface area contributed by atoms with Crippen LogP contribution in [0.2, 0.25) is 15.1 Å². The van der Waals surface area contributed by atoms with Crippen molar-refractivity contribution >= 4 is 58.0 Å². The Labute approximate surface area is 166 Å². The Morgan fingerprint density at radius 1 is 1.08 bits per heavy atom. The van der Waals surface area contributed by atoms with Gasteiger partial charge in [0, 0.05) is 18.0 Å². The average Bonchev–Trinajstić information content (AvgIpc) is 3.44. The maximum Gasteiger partial charge on any atom is 0.271 e. The Hall–Kier alpha value is -1.95. The average molecular weight is 413 g/mol. The highest BCUT2D eigenvalue weighted by atomic mass is 35.5. The van der Waals surface area contributed by atoms with Gasteiger partial charge in [-0.05, 0) is 37.1 Å². The molecule has 1 fully saturated rings. The third-order valence-electron chi connectivity index (χ3n) is 4.08. The van der Waals surface area contributed by atoms with E-state index in [1.165, 1.54) is 17.0 Å². The van der Waals surface area contributed by atoms with E-state index in [0.717, 1.165) is 12.8 Å². The minimum Gasteiger partial charge on any atom is -0.314 e. The molecule has 0 radical (unpaired) electrons. The van der Waals surface area contributed by atoms with E-state index in [-0.39, 0.29) is 21.9 Å². The van der Waals surface area contributed by atoms with Gasteiger partial charge in [0.1, 0.15) is 0 Å². The number of hydrogen-bond acceptors (Lipinski definition) is 3. The third-order valence-corrected chi connectivity index (χ3v) is 4.89. The Kier molecular flexibility index (Phi) is 5.61. The summed E-state index contributed by atoms with van der Waals surface area (Å²) in [6, 6.07) is 9.92. The van der Waals surface area contributed by atoms with Crippen LogP contribution >= 0.6 is 34.8 Å². The van der Waals surface area contributed by atoms with Crippen molar-refractivity contribution in [3.63, 3.8) is 0 Å². The molecule has 0 aromatic heterocycles. The van der Waals surface area contributed by atoms with Gasteiger partial charge in [0.15, 0.2) is 0 Å². The number of nitrogens with one attached hydrogen (secondary N) is 2. The lowest BCUT2D eigenvalue weighted by Crippen LogP contribution is -2.33. The molecule has 0 aliphatic heterocycles. The largest absolute Gasteiger partial charge is 0.314 e. The number of amides is 2. The van der Waals surface area contributed by atoms with Crippen LogP contribution in [0.15, 0.2) is 36.4 Å². The molecule has 8 heteroatoms. The van der Waals surface area contributed by atoms with Crippen molar-refractivity contribution in [1.29, 1.82) is 0 Å². The topological polar surface area (TPSA) is 61.4 Å². The fraction of sp³-hybridized carbons (Fsp3) is 0.222. The number of hydrazine groups is 1. The molecule has 5 nitrogen and oxygen atoms in total. The zero-order valence-electron chi connectivity index (χ0n) is 13.9. The van der Waals surface area contributed by atoms with E-state index >= 15 is 0 Å². The number of anilines is 2. The van der Waals surface area contributed by atoms with Gasteiger partial charge in [-0.15, -0.1) is 0 Å². The third kappa shape index (κ3) is 4.06. The number of rotatable bonds is 5. The maximum absolute atomic E-state index is 12.6. The van der Waals surface area contributed by atoms with Crippen molar-refractivity contribution in [1.82, 2.24) is 5.43 Å². The summed E-state index contributed by atoms with van der Waals surface area (Å²) in [7, 11) is 1.67. The highest BCUT2D eigenvalue weighted by Crippen LogP contribution is 2.34. The first-order valence-corrected chi connectivity index (χ1v) is 9.09. The van der Waals surface area contributed by atoms with Crippen LogP contribution in [-0.4, -0.2) is 18.9 Å². The van der Waals surface area contributed by atoms with Gasteiger partial charge in [-0.1, -0.05) is 46.9 Å². The lowest BCUT2D eigenvalue weighted by molar-refractivity contribution is -0.119. The summed E-state index contributed by atoms with van der Waals surface area (Å²) in [6.07, 6.45) is 1.79. The Balaban J connectivity index is 1.77. The summed E-state index contributed by atoms with van der Waals surface area (Å²) in [6.45, 7) is 0. The zero-order chi connectivity index (χ0) is 18.8. The number of carbonyl (C=O) groups excluding carboxylic acids is 2. The molecular weight excluding hydrogens is 397 g/mol. The van der Waals surface area contributed by atoms with Crippen molar-refractivity contribution in [3.8, 4) is 0 Å². The molecule has 2 aromatic carbocycles. The molecule has 1 saturated carbocycles. The van der Waals surface area contributed by atoms with Crippen LogP contribution in [0.25, 0.3) is 0 Å². The van der Waals surface area contributed by atoms with Gasteiger partial charge < -0.3 is 4.90 Å². The second kappa shape index (κ2) is 7.74. The highest BCUT2D eigenvalue weighted by molar-refractivity contribution is 6.41. The van der Waals surface area contributed by atoms with Crippen molar-refractivity contribution in [2.24, 2.45) is 5.92 Å². The van der Waals surface area contributed by atoms with Crippen LogP contribution in [0.1, 0.15) is 23.2 Å². The molecule has 2 aromatic rings. The van der Waals surface area contributed by atoms with E-state index < -0.39 is 5.91 Å². The molecule has 2 amide bonds. The normalized spacial score (nSPS) is 13.2. The summed E-state index contributed by atoms with van der Waals surface area (Å²) in [4.78, 5) is 26.5. The standard InChI is InChI=1S/C18H16Cl3N3O2/c1-24(18(26)10-6-7-10)15-5-3-2-4-12(15)17(25)23-22-16-13(20)8-11(19)9-14(16)21/h2-5,8-10,22H,6-7H2,1H3,(H,23,25). The van der Waals surface area contributed by atoms with E-state index in [2.05, 4.69) is 10.9 Å². The lowest BCUT2D eigenvalue weighted by atomic mass is 10.1. The Bertz CT molecular complexity index is 846. The molecule has 0 heterocycles. The number of hydrogen-bond donors (Lipinski definition) is 2. The van der Waals surface area contributed by atoms with E-state index in [1.807, 2.05) is 0 Å². The number of halogens is 3. The molecular formula is C18H16Cl3N3O2. The lowest BCUT2D eigenvalue weighted by Gasteiger charge is -2.20. The number of para-hydroxylation sites is 1. The van der Waals surface area contributed by atoms with Crippen molar-refractivity contribution in [3.05, 3.63) is 57.0 Å². The predicted octanol–water partition coefficient (Wildman–Crippen LogP) is 4.78. The highest BCUT2D eigenvalue weighted by Gasteiger charge is 2.33. The van der Waals surface area contributed by atoms with Crippen LogP contribution in [0.3, 0.4) is 0 Å². The van der Waals surface area contributed by atoms with Crippen molar-refractivity contribution in [2.45, 2.75) is 12.8 Å². The summed E-state index contributed by atoms with van der Waals surface area (Å²) in [5.41, 5.74) is 6.50. The summed E-state index contributed by atoms with van der Waals surface area (Å²) >= 11 is 18.1. The second-order valence-electron chi connectivity index (χ2n) is 6.01. The SMILES string of the molecule is CN(C(=O)C1CC1)c1ccccc1C(=O)NNc1c(Cl)cc(Cl)cc1Cl. The molecule has 26 heavy (non-hydrogen) atoms. The minimum atomic E-state index is -0.418. The van der Waals surface area contributed by atoms with E-state index in [0.29, 0.717) is 22.0 Å². The van der Waals surface area contributed by atoms with Gasteiger partial charge in [-0.3, -0.25) is 20.4 Å². The van der Waals surface area contributed by atoms with Crippen LogP contribution in [0, 0.1) is 5.92 Å². The van der Waals surface area contributed by atoms with E-state index in [1.54, 1.807) is 31.3 Å². The molecule has 1 aliphatic rings. The van der Waals surface area contributed by atoms with Gasteiger partial charge >= 0.3 is 0 Å². The minimum absolute atomic E-state index is 0.0157. The van der Waals surface area contributed by atoms with E-state index in [9.17, 15) is 9.59 Å². The molecule has 0 spiro atoms. The van der Waals surface area contributed by atoms with Crippen LogP contribution in [0.5, 0.6) is 0 Å². The summed E-state index contributed by atoms with van der Waals surface area (Å²) in [5, 5.41) is 0.941. The Morgan fingerprint density at radius 3 is 2.31 bits per heavy atom. The van der Waals surface area contributed by atoms with Crippen LogP contribution in [0.4, 0.5) is 11.4 Å². The molecule has 0 saturated heterocycles. The summed E-state index contributed by atoms with van der Waals surface area (Å²) in [5.74, 6) is -0.346. The fourth-order valence-electron chi connectivity index (χ4n) is 2.53. The first kappa shape index (κ1) is 18.8. The quantitative estimate of drug-likeness (QED) is 0.695. The Morgan fingerprint density at radius 2 is 1.69 bits per heavy atom. The number of nitrogens with zero attached hydrogens (tertiary/aromatic N) is 1. The fourth-order valence-corrected chi connectivity index (χ4v) is 3.44. The zero-order valence-corrected chi connectivity index (χ0v) is 16.1. The van der Waals surface area contributed by atoms with Gasteiger partial charge in [-0.25, -0.2) is 0 Å². The molecule has 0 atom stereocenters. The molecule has 0 unspecified atom stereocenters. The summed E-state index contributed by atoms with van der Waals surface area (Å²) < 4.78 is 0. The molecule has 1 aliphatic carbocycles. The molecule has 3 rings (SSSR count). The predicted molar refractivity (Wildman–Crippen MR) is 105 cm³/mol. The molecule has 2 N–H and O–H groups in total. The van der Waals surface area contributed by atoms with E-state index in [4.69, 9.17) is 34.8 Å². The van der Waals surface area contributed by atoms with Gasteiger partial charge in [0.25, 0.3) is 5.91 Å². The van der Waals surface area contributed by atoms with Crippen LogP contribution < -0.4 is 15.8 Å².